The number of Topliss-reactive ketones (excluding diaryl/α,β-unsaturated/α-hetero) is 1. The van der Waals surface area contributed by atoms with Crippen LogP contribution in [0.1, 0.15) is 129 Å². The largest absolute Gasteiger partial charge is 0.344 e. The predicted octanol–water partition coefficient (Wildman–Crippen LogP) is 3.40. The number of likely N-dealkylation sites (tertiary alicyclic amines) is 1. The number of aromatic nitrogens is 2. The van der Waals surface area contributed by atoms with Crippen molar-refractivity contribution in [2.75, 3.05) is 6.61 Å². The van der Waals surface area contributed by atoms with E-state index in [-0.39, 0.29) is 48.4 Å². The maximum Gasteiger partial charge on any atom is 0.313 e. The molecule has 0 bridgehead atoms. The molecule has 14 heteroatoms. The molecule has 52 heavy (non-hydrogen) atoms. The van der Waals surface area contributed by atoms with Crippen LogP contribution in [-0.2, 0) is 28.8 Å². The molecule has 2 aliphatic carbocycles. The first-order valence-corrected chi connectivity index (χ1v) is 19.2. The monoisotopic (exact) mass is 725 g/mol. The van der Waals surface area contributed by atoms with Gasteiger partial charge in [-0.25, -0.2) is 10.5 Å². The van der Waals surface area contributed by atoms with Crippen LogP contribution < -0.4 is 21.4 Å². The minimum atomic E-state index is -1.09. The summed E-state index contributed by atoms with van der Waals surface area (Å²) in [5, 5.41) is 8.73. The third kappa shape index (κ3) is 10.6. The topological polar surface area (TPSA) is 189 Å². The number of hydrogen-bond acceptors (Lipinski definition) is 9. The smallest absolute Gasteiger partial charge is 0.313 e. The Morgan fingerprint density at radius 3 is 2.25 bits per heavy atom. The van der Waals surface area contributed by atoms with Crippen molar-refractivity contribution >= 4 is 35.3 Å². The Balaban J connectivity index is 1.58. The van der Waals surface area contributed by atoms with Crippen LogP contribution in [0.15, 0.2) is 18.6 Å². The van der Waals surface area contributed by atoms with Crippen LogP contribution in [0.3, 0.4) is 0 Å². The van der Waals surface area contributed by atoms with Crippen LogP contribution in [0, 0.1) is 23.2 Å². The van der Waals surface area contributed by atoms with Crippen molar-refractivity contribution in [1.29, 1.82) is 0 Å². The maximum atomic E-state index is 14.8. The molecule has 4 N–H and O–H groups in total. The maximum absolute atomic E-state index is 14.8. The number of rotatable bonds is 15. The Morgan fingerprint density at radius 1 is 0.923 bits per heavy atom. The lowest BCUT2D eigenvalue weighted by atomic mass is 9.81. The zero-order valence-electron chi connectivity index (χ0n) is 31.7. The summed E-state index contributed by atoms with van der Waals surface area (Å²) in [6.07, 6.45) is 13.3. The lowest BCUT2D eigenvalue weighted by Crippen LogP contribution is -2.63. The predicted molar refractivity (Wildman–Crippen MR) is 193 cm³/mol. The summed E-state index contributed by atoms with van der Waals surface area (Å²) >= 11 is 0. The molecule has 0 aromatic carbocycles. The molecule has 2 saturated carbocycles. The van der Waals surface area contributed by atoms with Crippen molar-refractivity contribution in [1.82, 2.24) is 36.3 Å². The van der Waals surface area contributed by atoms with Crippen molar-refractivity contribution in [2.45, 2.75) is 149 Å². The quantitative estimate of drug-likeness (QED) is 0.155. The first kappa shape index (κ1) is 40.8. The zero-order valence-corrected chi connectivity index (χ0v) is 31.7. The molecule has 1 aromatic heterocycles. The minimum Gasteiger partial charge on any atom is -0.344 e. The fraction of sp³-hybridized carbons (Fsp3) is 0.737. The molecule has 2 heterocycles. The molecule has 14 nitrogen and oxygen atoms in total. The van der Waals surface area contributed by atoms with E-state index in [1.54, 1.807) is 4.90 Å². The van der Waals surface area contributed by atoms with Gasteiger partial charge >= 0.3 is 5.91 Å². The number of hydrogen-bond donors (Lipinski definition) is 4. The van der Waals surface area contributed by atoms with Gasteiger partial charge in [0.15, 0.2) is 0 Å². The van der Waals surface area contributed by atoms with Crippen molar-refractivity contribution in [3.8, 4) is 0 Å². The fourth-order valence-corrected chi connectivity index (χ4v) is 7.85. The zero-order chi connectivity index (χ0) is 38.0. The van der Waals surface area contributed by atoms with Crippen LogP contribution >= 0.6 is 0 Å². The SMILES string of the molecule is CCC[C@H](NC(=O)[C@@H]1C[C@@H]2CCCC[C@@H]2N1C(=O)[C@@H](NC(=O)[C@@H](NC(=O)c1cnccn1)C1CCCCC1)C(C)(C)C)C(=O)C(=O)NOCC(C)C. The summed E-state index contributed by atoms with van der Waals surface area (Å²) in [5.41, 5.74) is 1.52. The fourth-order valence-electron chi connectivity index (χ4n) is 7.85. The van der Waals surface area contributed by atoms with Gasteiger partial charge in [-0.15, -0.1) is 0 Å². The molecule has 0 radical (unpaired) electrons. The molecule has 1 saturated heterocycles. The molecule has 0 unspecified atom stereocenters. The lowest BCUT2D eigenvalue weighted by molar-refractivity contribution is -0.149. The second kappa shape index (κ2) is 18.7. The Labute approximate surface area is 307 Å². The van der Waals surface area contributed by atoms with E-state index in [1.807, 2.05) is 41.5 Å². The van der Waals surface area contributed by atoms with Gasteiger partial charge in [0.1, 0.15) is 23.8 Å². The molecular weight excluding hydrogens is 666 g/mol. The van der Waals surface area contributed by atoms with E-state index in [2.05, 4.69) is 31.4 Å². The van der Waals surface area contributed by atoms with E-state index in [0.29, 0.717) is 12.8 Å². The highest BCUT2D eigenvalue weighted by atomic mass is 16.7. The number of carbonyl (C=O) groups excluding carboxylic acids is 6. The molecule has 1 aliphatic heterocycles. The highest BCUT2D eigenvalue weighted by Gasteiger charge is 2.51. The second-order valence-electron chi connectivity index (χ2n) is 16.2. The molecule has 4 rings (SSSR count). The Kier molecular flexibility index (Phi) is 14.7. The standard InChI is InChI=1S/C38H59N7O7/c1-7-13-26(31(46)36(50)44-52-22-23(2)3)41-34(48)29-20-25-16-11-12-17-28(25)45(29)37(51)32(38(4,5)6)43-35(49)30(24-14-9-8-10-15-24)42-33(47)27-21-39-18-19-40-27/h18-19,21,23-26,28-30,32H,7-17,20,22H2,1-6H3,(H,41,48)(H,42,47)(H,43,49)(H,44,50)/t25-,26-,28-,29-,30-,32+/m0/s1. The normalized spacial score (nSPS) is 22.4. The molecular formula is C38H59N7O7. The average Bonchev–Trinajstić information content (AvgIpc) is 3.52. The summed E-state index contributed by atoms with van der Waals surface area (Å²) < 4.78 is 0. The lowest BCUT2D eigenvalue weighted by Gasteiger charge is -2.40. The first-order valence-electron chi connectivity index (χ1n) is 19.2. The molecule has 1 aromatic rings. The Hall–Kier alpha value is -3.94. The van der Waals surface area contributed by atoms with E-state index < -0.39 is 59.0 Å². The third-order valence-corrected chi connectivity index (χ3v) is 10.5. The minimum absolute atomic E-state index is 0.0825. The Morgan fingerprint density at radius 2 is 1.62 bits per heavy atom. The van der Waals surface area contributed by atoms with Gasteiger partial charge in [-0.3, -0.25) is 38.6 Å². The van der Waals surface area contributed by atoms with E-state index in [9.17, 15) is 28.8 Å². The summed E-state index contributed by atoms with van der Waals surface area (Å²) in [5.74, 6) is -3.52. The first-order chi connectivity index (χ1) is 24.7. The molecule has 3 fully saturated rings. The van der Waals surface area contributed by atoms with Gasteiger partial charge in [0.25, 0.3) is 5.91 Å². The molecule has 288 valence electrons. The highest BCUT2D eigenvalue weighted by molar-refractivity contribution is 6.38. The van der Waals surface area contributed by atoms with Gasteiger partial charge in [0, 0.05) is 18.4 Å². The molecule has 0 spiro atoms. The van der Waals surface area contributed by atoms with Crippen molar-refractivity contribution in [3.63, 3.8) is 0 Å². The van der Waals surface area contributed by atoms with Crippen molar-refractivity contribution in [3.05, 3.63) is 24.3 Å². The van der Waals surface area contributed by atoms with Gasteiger partial charge in [-0.05, 0) is 61.7 Å². The van der Waals surface area contributed by atoms with E-state index in [1.165, 1.54) is 18.6 Å². The van der Waals surface area contributed by atoms with Crippen LogP contribution in [0.5, 0.6) is 0 Å². The number of nitrogens with one attached hydrogen (secondary N) is 4. The number of carbonyl (C=O) groups is 6. The highest BCUT2D eigenvalue weighted by Crippen LogP contribution is 2.41. The van der Waals surface area contributed by atoms with E-state index in [4.69, 9.17) is 4.84 Å². The number of hydroxylamine groups is 1. The van der Waals surface area contributed by atoms with Crippen LogP contribution in [0.4, 0.5) is 0 Å². The van der Waals surface area contributed by atoms with Gasteiger partial charge in [0.05, 0.1) is 18.8 Å². The van der Waals surface area contributed by atoms with Gasteiger partial charge < -0.3 is 20.9 Å². The van der Waals surface area contributed by atoms with Gasteiger partial charge in [-0.2, -0.15) is 0 Å². The number of fused-ring (bicyclic) bond motifs is 1. The molecule has 6 atom stereocenters. The number of amides is 5. The van der Waals surface area contributed by atoms with Crippen molar-refractivity contribution < 1.29 is 33.6 Å². The molecule has 3 aliphatic rings. The van der Waals surface area contributed by atoms with Crippen molar-refractivity contribution in [2.24, 2.45) is 23.2 Å². The van der Waals surface area contributed by atoms with Gasteiger partial charge in [-0.1, -0.05) is 80.1 Å². The van der Waals surface area contributed by atoms with Gasteiger partial charge in [0.2, 0.25) is 23.5 Å². The molecule has 5 amide bonds. The summed E-state index contributed by atoms with van der Waals surface area (Å²) in [4.78, 5) is 97.2. The third-order valence-electron chi connectivity index (χ3n) is 10.5. The van der Waals surface area contributed by atoms with Crippen LogP contribution in [0.25, 0.3) is 0 Å². The summed E-state index contributed by atoms with van der Waals surface area (Å²) in [6, 6.07) is -4.11. The number of nitrogens with zero attached hydrogens (tertiary/aromatic N) is 3. The second-order valence-corrected chi connectivity index (χ2v) is 16.2. The Bertz CT molecular complexity index is 1410. The van der Waals surface area contributed by atoms with E-state index >= 15 is 0 Å². The van der Waals surface area contributed by atoms with Crippen LogP contribution in [-0.4, -0.2) is 87.0 Å². The number of ketones is 1. The van der Waals surface area contributed by atoms with E-state index in [0.717, 1.165) is 57.8 Å². The summed E-state index contributed by atoms with van der Waals surface area (Å²) in [6.45, 7) is 11.5. The summed E-state index contributed by atoms with van der Waals surface area (Å²) in [7, 11) is 0. The average molecular weight is 726 g/mol. The van der Waals surface area contributed by atoms with Crippen LogP contribution in [0.2, 0.25) is 0 Å².